The van der Waals surface area contributed by atoms with E-state index in [2.05, 4.69) is 10.0 Å². The third-order valence-electron chi connectivity index (χ3n) is 5.20. The highest BCUT2D eigenvalue weighted by atomic mass is 32.2. The molecule has 4 rings (SSSR count). The van der Waals surface area contributed by atoms with Crippen molar-refractivity contribution >= 4 is 32.7 Å². The van der Waals surface area contributed by atoms with Crippen molar-refractivity contribution in [3.05, 3.63) is 46.9 Å². The molecule has 2 N–H and O–H groups in total. The molecular formula is C22H25N3O7S. The van der Waals surface area contributed by atoms with Gasteiger partial charge in [0.05, 0.1) is 10.4 Å². The first-order valence-corrected chi connectivity index (χ1v) is 11.9. The van der Waals surface area contributed by atoms with Gasteiger partial charge in [-0.3, -0.25) is 9.36 Å². The Morgan fingerprint density at radius 1 is 1.09 bits per heavy atom. The van der Waals surface area contributed by atoms with E-state index in [1.54, 1.807) is 18.2 Å². The summed E-state index contributed by atoms with van der Waals surface area (Å²) in [5, 5.41) is 2.75. The van der Waals surface area contributed by atoms with Crippen molar-refractivity contribution in [2.75, 3.05) is 18.5 Å². The molecule has 0 unspecified atom stereocenters. The Hall–Kier alpha value is -3.31. The summed E-state index contributed by atoms with van der Waals surface area (Å²) in [6.07, 6.45) is 0.276. The highest BCUT2D eigenvalue weighted by Crippen LogP contribution is 2.32. The maximum absolute atomic E-state index is 13.1. The van der Waals surface area contributed by atoms with Crippen LogP contribution in [-0.2, 0) is 21.9 Å². The van der Waals surface area contributed by atoms with Crippen LogP contribution < -0.4 is 25.3 Å². The number of hydrogen-bond acceptors (Lipinski definition) is 7. The number of aryl methyl sites for hydroxylation is 1. The maximum Gasteiger partial charge on any atom is 0.419 e. The fourth-order valence-corrected chi connectivity index (χ4v) is 4.79. The van der Waals surface area contributed by atoms with Crippen LogP contribution in [0.2, 0.25) is 0 Å². The summed E-state index contributed by atoms with van der Waals surface area (Å²) < 4.78 is 46.0. The van der Waals surface area contributed by atoms with Crippen molar-refractivity contribution in [1.82, 2.24) is 9.29 Å². The lowest BCUT2D eigenvalue weighted by atomic mass is 10.0. The van der Waals surface area contributed by atoms with E-state index in [1.807, 2.05) is 13.8 Å². The van der Waals surface area contributed by atoms with Gasteiger partial charge in [-0.25, -0.2) is 13.2 Å². The van der Waals surface area contributed by atoms with E-state index >= 15 is 0 Å². The summed E-state index contributed by atoms with van der Waals surface area (Å²) in [6.45, 7) is 4.65. The third-order valence-corrected chi connectivity index (χ3v) is 6.67. The Balaban J connectivity index is 1.56. The smallest absolute Gasteiger partial charge is 0.419 e. The molecule has 176 valence electrons. The van der Waals surface area contributed by atoms with Crippen molar-refractivity contribution in [3.8, 4) is 11.5 Å². The van der Waals surface area contributed by atoms with Gasteiger partial charge >= 0.3 is 5.76 Å². The zero-order chi connectivity index (χ0) is 23.8. The highest BCUT2D eigenvalue weighted by molar-refractivity contribution is 7.89. The van der Waals surface area contributed by atoms with E-state index < -0.39 is 27.7 Å². The molecule has 0 bridgehead atoms. The minimum atomic E-state index is -4.08. The van der Waals surface area contributed by atoms with E-state index in [1.165, 1.54) is 29.8 Å². The first kappa shape index (κ1) is 22.9. The largest absolute Gasteiger partial charge is 0.486 e. The number of carbonyl (C=O) groups is 1. The van der Waals surface area contributed by atoms with Gasteiger partial charge in [-0.1, -0.05) is 13.8 Å². The van der Waals surface area contributed by atoms with Gasteiger partial charge in [0.2, 0.25) is 15.9 Å². The molecule has 1 aliphatic rings. The number of amides is 1. The predicted octanol–water partition coefficient (Wildman–Crippen LogP) is 2.23. The van der Waals surface area contributed by atoms with E-state index in [-0.39, 0.29) is 22.8 Å². The van der Waals surface area contributed by atoms with Crippen molar-refractivity contribution < 1.29 is 27.1 Å². The van der Waals surface area contributed by atoms with Crippen LogP contribution in [0.3, 0.4) is 0 Å². The van der Waals surface area contributed by atoms with E-state index in [4.69, 9.17) is 13.9 Å². The number of fused-ring (bicyclic) bond motifs is 2. The van der Waals surface area contributed by atoms with E-state index in [9.17, 15) is 18.0 Å². The zero-order valence-electron chi connectivity index (χ0n) is 18.5. The molecule has 0 spiro atoms. The monoisotopic (exact) mass is 475 g/mol. The Bertz CT molecular complexity index is 1360. The Labute approximate surface area is 190 Å². The number of hydrogen-bond donors (Lipinski definition) is 2. The number of sulfonamides is 1. The van der Waals surface area contributed by atoms with Gasteiger partial charge < -0.3 is 19.2 Å². The molecule has 2 aromatic carbocycles. The molecule has 10 nitrogen and oxygen atoms in total. The standard InChI is InChI=1S/C22H25N3O7S/c1-13(2)10-16(21(26)23-14-4-7-18-20(11-14)31-9-8-30-18)24-33(28,29)15-5-6-17-19(12-15)32-22(27)25(17)3/h4-7,11-13,16,24H,8-10H2,1-3H3,(H,23,26)/t16-/m0/s1. The van der Waals surface area contributed by atoms with Gasteiger partial charge in [0.1, 0.15) is 19.3 Å². The lowest BCUT2D eigenvalue weighted by Crippen LogP contribution is -2.44. The maximum atomic E-state index is 13.1. The average molecular weight is 476 g/mol. The third kappa shape index (κ3) is 4.88. The number of carbonyl (C=O) groups excluding carboxylic acids is 1. The van der Waals surface area contributed by atoms with Gasteiger partial charge in [0.15, 0.2) is 17.1 Å². The minimum absolute atomic E-state index is 0.0401. The van der Waals surface area contributed by atoms with Crippen LogP contribution in [0.25, 0.3) is 11.1 Å². The number of rotatable bonds is 7. The van der Waals surface area contributed by atoms with Gasteiger partial charge in [0, 0.05) is 24.9 Å². The normalized spacial score (nSPS) is 14.4. The van der Waals surface area contributed by atoms with Gasteiger partial charge in [0.25, 0.3) is 0 Å². The molecule has 33 heavy (non-hydrogen) atoms. The summed E-state index contributed by atoms with van der Waals surface area (Å²) in [6, 6.07) is 8.09. The van der Waals surface area contributed by atoms with Crippen molar-refractivity contribution in [1.29, 1.82) is 0 Å². The fraction of sp³-hybridized carbons (Fsp3) is 0.364. The second-order valence-corrected chi connectivity index (χ2v) is 9.92. The SMILES string of the molecule is CC(C)C[C@H](NS(=O)(=O)c1ccc2c(c1)oc(=O)n2C)C(=O)Nc1ccc2c(c1)OCCO2. The number of anilines is 1. The first-order valence-electron chi connectivity index (χ1n) is 10.5. The van der Waals surface area contributed by atoms with Gasteiger partial charge in [-0.2, -0.15) is 4.72 Å². The van der Waals surface area contributed by atoms with Crippen LogP contribution in [0.4, 0.5) is 5.69 Å². The number of oxazole rings is 1. The molecule has 1 aromatic heterocycles. The Morgan fingerprint density at radius 3 is 2.55 bits per heavy atom. The Kier molecular flexibility index (Phi) is 6.17. The van der Waals surface area contributed by atoms with Gasteiger partial charge in [-0.05, 0) is 36.6 Å². The lowest BCUT2D eigenvalue weighted by molar-refractivity contribution is -0.118. The molecule has 1 amide bonds. The van der Waals surface area contributed by atoms with Crippen LogP contribution in [0.5, 0.6) is 11.5 Å². The molecular weight excluding hydrogens is 450 g/mol. The quantitative estimate of drug-likeness (QED) is 0.536. The Morgan fingerprint density at radius 2 is 1.82 bits per heavy atom. The predicted molar refractivity (Wildman–Crippen MR) is 121 cm³/mol. The summed E-state index contributed by atoms with van der Waals surface area (Å²) in [5.74, 6) is 0.0398. The number of nitrogens with zero attached hydrogens (tertiary/aromatic N) is 1. The molecule has 1 atom stereocenters. The zero-order valence-corrected chi connectivity index (χ0v) is 19.3. The minimum Gasteiger partial charge on any atom is -0.486 e. The fourth-order valence-electron chi connectivity index (χ4n) is 3.57. The highest BCUT2D eigenvalue weighted by Gasteiger charge is 2.27. The molecule has 0 radical (unpaired) electrons. The summed E-state index contributed by atoms with van der Waals surface area (Å²) in [4.78, 5) is 24.6. The second kappa shape index (κ2) is 8.91. The molecule has 0 saturated heterocycles. The van der Waals surface area contributed by atoms with E-state index in [0.29, 0.717) is 35.9 Å². The number of nitrogens with one attached hydrogen (secondary N) is 2. The molecule has 1 aliphatic heterocycles. The molecule has 0 fully saturated rings. The molecule has 11 heteroatoms. The number of ether oxygens (including phenoxy) is 2. The topological polar surface area (TPSA) is 129 Å². The van der Waals surface area contributed by atoms with E-state index in [0.717, 1.165) is 0 Å². The summed E-state index contributed by atoms with van der Waals surface area (Å²) >= 11 is 0. The molecule has 3 aromatic rings. The number of benzene rings is 2. The summed E-state index contributed by atoms with van der Waals surface area (Å²) in [5.41, 5.74) is 1.07. The van der Waals surface area contributed by atoms with Crippen LogP contribution in [0.1, 0.15) is 20.3 Å². The van der Waals surface area contributed by atoms with Crippen LogP contribution in [0.15, 0.2) is 50.5 Å². The van der Waals surface area contributed by atoms with Crippen molar-refractivity contribution in [2.45, 2.75) is 31.2 Å². The first-order chi connectivity index (χ1) is 15.6. The molecule has 2 heterocycles. The van der Waals surface area contributed by atoms with Crippen LogP contribution in [-0.4, -0.2) is 38.1 Å². The average Bonchev–Trinajstić information content (AvgIpc) is 3.05. The van der Waals surface area contributed by atoms with Crippen molar-refractivity contribution in [2.24, 2.45) is 13.0 Å². The summed E-state index contributed by atoms with van der Waals surface area (Å²) in [7, 11) is -2.55. The van der Waals surface area contributed by atoms with Crippen molar-refractivity contribution in [3.63, 3.8) is 0 Å². The number of aromatic nitrogens is 1. The van der Waals surface area contributed by atoms with Gasteiger partial charge in [-0.15, -0.1) is 0 Å². The van der Waals surface area contributed by atoms with Crippen LogP contribution >= 0.6 is 0 Å². The second-order valence-electron chi connectivity index (χ2n) is 8.21. The lowest BCUT2D eigenvalue weighted by Gasteiger charge is -2.22. The molecule has 0 aliphatic carbocycles. The molecule has 0 saturated carbocycles. The van der Waals surface area contributed by atoms with Crippen LogP contribution in [0, 0.1) is 5.92 Å².